The summed E-state index contributed by atoms with van der Waals surface area (Å²) in [5.74, 6) is -1.89. The number of aliphatic hydroxyl groups is 1. The lowest BCUT2D eigenvalue weighted by Gasteiger charge is -2.24. The summed E-state index contributed by atoms with van der Waals surface area (Å²) in [4.78, 5) is 64.9. The topological polar surface area (TPSA) is 171 Å². The van der Waals surface area contributed by atoms with E-state index >= 15 is 0 Å². The molecular weight excluding hydrogens is 598 g/mol. The van der Waals surface area contributed by atoms with Crippen molar-refractivity contribution >= 4 is 46.7 Å². The summed E-state index contributed by atoms with van der Waals surface area (Å²) >= 11 is 0.863. The van der Waals surface area contributed by atoms with Crippen molar-refractivity contribution in [1.82, 2.24) is 26.0 Å². The van der Waals surface area contributed by atoms with Gasteiger partial charge >= 0.3 is 0 Å². The summed E-state index contributed by atoms with van der Waals surface area (Å²) in [6.45, 7) is 5.16. The Balaban J connectivity index is 1.49. The molecule has 0 radical (unpaired) electrons. The molecule has 1 aromatic heterocycles. The fourth-order valence-corrected chi connectivity index (χ4v) is 5.32. The van der Waals surface area contributed by atoms with E-state index in [1.807, 2.05) is 43.3 Å². The van der Waals surface area contributed by atoms with E-state index in [9.17, 15) is 29.1 Å². The maximum atomic E-state index is 13.4. The average molecular weight is 634 g/mol. The first-order chi connectivity index (χ1) is 21.4. The van der Waals surface area contributed by atoms with Gasteiger partial charge in [-0.3, -0.25) is 28.9 Å². The van der Waals surface area contributed by atoms with Crippen LogP contribution in [-0.2, 0) is 27.3 Å². The molecule has 4 rings (SSSR count). The predicted octanol–water partition coefficient (Wildman–Crippen LogP) is 2.87. The molecule has 1 fully saturated rings. The van der Waals surface area contributed by atoms with Crippen LogP contribution in [0.4, 0.5) is 4.79 Å². The SMILES string of the molecule is Cc1ccc(CNC(=O)[C@H](CCc2cccc(C=C3SC(=O)N(C)C3=O)c2)NC(=O)[C@@H](NC(=O)c2cc(C)on2)[C@@H](C)O)cc1. The summed E-state index contributed by atoms with van der Waals surface area (Å²) in [6, 6.07) is 13.9. The van der Waals surface area contributed by atoms with Gasteiger partial charge in [0.2, 0.25) is 11.8 Å². The second-order valence-corrected chi connectivity index (χ2v) is 11.8. The number of carbonyl (C=O) groups is 5. The Morgan fingerprint density at radius 3 is 2.38 bits per heavy atom. The van der Waals surface area contributed by atoms with Gasteiger partial charge in [0, 0.05) is 19.7 Å². The van der Waals surface area contributed by atoms with Gasteiger partial charge in [-0.05, 0) is 68.1 Å². The van der Waals surface area contributed by atoms with Crippen LogP contribution in [0, 0.1) is 13.8 Å². The molecule has 0 aliphatic carbocycles. The van der Waals surface area contributed by atoms with E-state index in [2.05, 4.69) is 21.1 Å². The molecule has 3 atom stereocenters. The quantitative estimate of drug-likeness (QED) is 0.219. The van der Waals surface area contributed by atoms with Gasteiger partial charge in [-0.15, -0.1) is 0 Å². The lowest BCUT2D eigenvalue weighted by Crippen LogP contribution is -2.57. The molecule has 2 aromatic carbocycles. The van der Waals surface area contributed by atoms with Crippen molar-refractivity contribution in [3.63, 3.8) is 0 Å². The molecule has 0 bridgehead atoms. The number of carbonyl (C=O) groups excluding carboxylic acids is 5. The number of imide groups is 1. The van der Waals surface area contributed by atoms with E-state index in [0.29, 0.717) is 22.6 Å². The maximum absolute atomic E-state index is 13.4. The highest BCUT2D eigenvalue weighted by molar-refractivity contribution is 8.18. The van der Waals surface area contributed by atoms with Gasteiger partial charge in [0.25, 0.3) is 17.1 Å². The van der Waals surface area contributed by atoms with Gasteiger partial charge in [0.05, 0.1) is 11.0 Å². The van der Waals surface area contributed by atoms with Crippen molar-refractivity contribution in [3.8, 4) is 0 Å². The number of aliphatic hydroxyl groups excluding tert-OH is 1. The van der Waals surface area contributed by atoms with Crippen molar-refractivity contribution in [2.75, 3.05) is 7.05 Å². The van der Waals surface area contributed by atoms with Gasteiger partial charge in [0.1, 0.15) is 17.8 Å². The van der Waals surface area contributed by atoms with Crippen molar-refractivity contribution in [3.05, 3.63) is 93.2 Å². The number of hydrogen-bond donors (Lipinski definition) is 4. The molecule has 1 aliphatic rings. The van der Waals surface area contributed by atoms with E-state index < -0.39 is 35.9 Å². The summed E-state index contributed by atoms with van der Waals surface area (Å²) in [6.07, 6.45) is 0.898. The highest BCUT2D eigenvalue weighted by Crippen LogP contribution is 2.31. The fraction of sp³-hybridized carbons (Fsp3) is 0.312. The predicted molar refractivity (Wildman–Crippen MR) is 168 cm³/mol. The van der Waals surface area contributed by atoms with E-state index in [1.165, 1.54) is 20.0 Å². The Bertz CT molecular complexity index is 1620. The largest absolute Gasteiger partial charge is 0.391 e. The minimum atomic E-state index is -1.38. The van der Waals surface area contributed by atoms with Crippen LogP contribution in [0.2, 0.25) is 0 Å². The van der Waals surface area contributed by atoms with Crippen LogP contribution in [0.25, 0.3) is 6.08 Å². The molecule has 5 amide bonds. The molecule has 1 aliphatic heterocycles. The second-order valence-electron chi connectivity index (χ2n) is 10.8. The third-order valence-electron chi connectivity index (χ3n) is 7.09. The van der Waals surface area contributed by atoms with Crippen molar-refractivity contribution in [1.29, 1.82) is 0 Å². The van der Waals surface area contributed by atoms with E-state index in [4.69, 9.17) is 4.52 Å². The zero-order valence-corrected chi connectivity index (χ0v) is 26.1. The first-order valence-corrected chi connectivity index (χ1v) is 15.1. The zero-order valence-electron chi connectivity index (χ0n) is 25.3. The Hall–Kier alpha value is -4.75. The standard InChI is InChI=1S/C32H35N5O7S/c1-18-8-10-22(11-9-18)17-33-28(39)24(34-30(41)27(20(3)38)35-29(40)25-14-19(2)44-36-25)13-12-21-6-5-7-23(15-21)16-26-31(42)37(4)32(43)45-26/h5-11,14-16,20,24,27,38H,12-13,17H2,1-4H3,(H,33,39)(H,34,41)(H,35,40)/t20-,24+,27+/m1/s1. The molecule has 0 unspecified atom stereocenters. The molecule has 13 heteroatoms. The molecule has 2 heterocycles. The molecule has 45 heavy (non-hydrogen) atoms. The van der Waals surface area contributed by atoms with Crippen LogP contribution in [0.1, 0.15) is 51.8 Å². The van der Waals surface area contributed by atoms with Crippen molar-refractivity contribution in [2.24, 2.45) is 0 Å². The van der Waals surface area contributed by atoms with Crippen LogP contribution in [0.3, 0.4) is 0 Å². The van der Waals surface area contributed by atoms with E-state index in [1.54, 1.807) is 25.1 Å². The normalized spacial score (nSPS) is 15.9. The van der Waals surface area contributed by atoms with Crippen molar-refractivity contribution in [2.45, 2.75) is 58.3 Å². The first kappa shape index (κ1) is 33.1. The molecule has 1 saturated heterocycles. The van der Waals surface area contributed by atoms with Gasteiger partial charge < -0.3 is 25.6 Å². The third-order valence-corrected chi connectivity index (χ3v) is 8.05. The zero-order chi connectivity index (χ0) is 32.7. The molecule has 3 aromatic rings. The number of rotatable bonds is 12. The first-order valence-electron chi connectivity index (χ1n) is 14.3. The number of nitrogens with one attached hydrogen (secondary N) is 3. The number of aromatic nitrogens is 1. The summed E-state index contributed by atoms with van der Waals surface area (Å²) in [5.41, 5.74) is 3.43. The number of hydrogen-bond acceptors (Lipinski definition) is 9. The second kappa shape index (κ2) is 14.8. The molecule has 236 valence electrons. The van der Waals surface area contributed by atoms with Crippen LogP contribution in [0.15, 0.2) is 64.0 Å². The number of thioether (sulfide) groups is 1. The molecule has 0 spiro atoms. The van der Waals surface area contributed by atoms with Gasteiger partial charge in [-0.25, -0.2) is 0 Å². The Kier molecular flexibility index (Phi) is 10.9. The van der Waals surface area contributed by atoms with Gasteiger partial charge in [-0.1, -0.05) is 59.3 Å². The molecule has 0 saturated carbocycles. The van der Waals surface area contributed by atoms with E-state index in [0.717, 1.165) is 33.4 Å². The average Bonchev–Trinajstić information content (AvgIpc) is 3.55. The lowest BCUT2D eigenvalue weighted by molar-refractivity contribution is -0.131. The molecule has 4 N–H and O–H groups in total. The van der Waals surface area contributed by atoms with Gasteiger partial charge in [0.15, 0.2) is 5.69 Å². The number of amides is 5. The summed E-state index contributed by atoms with van der Waals surface area (Å²) < 4.78 is 4.92. The number of benzene rings is 2. The fourth-order valence-electron chi connectivity index (χ4n) is 4.49. The van der Waals surface area contributed by atoms with Crippen LogP contribution >= 0.6 is 11.8 Å². The smallest absolute Gasteiger partial charge is 0.293 e. The number of nitrogens with zero attached hydrogens (tertiary/aromatic N) is 2. The minimum absolute atomic E-state index is 0.0538. The lowest BCUT2D eigenvalue weighted by atomic mass is 10.0. The van der Waals surface area contributed by atoms with Crippen LogP contribution in [0.5, 0.6) is 0 Å². The van der Waals surface area contributed by atoms with E-state index in [-0.39, 0.29) is 29.8 Å². The monoisotopic (exact) mass is 633 g/mol. The number of aryl methyl sites for hydroxylation is 3. The minimum Gasteiger partial charge on any atom is -0.391 e. The van der Waals surface area contributed by atoms with Crippen LogP contribution in [-0.4, -0.2) is 69.3 Å². The Morgan fingerprint density at radius 2 is 1.76 bits per heavy atom. The highest BCUT2D eigenvalue weighted by atomic mass is 32.2. The Morgan fingerprint density at radius 1 is 1.02 bits per heavy atom. The maximum Gasteiger partial charge on any atom is 0.293 e. The Labute approximate surface area is 264 Å². The molecule has 12 nitrogen and oxygen atoms in total. The van der Waals surface area contributed by atoms with Crippen molar-refractivity contribution < 1.29 is 33.6 Å². The summed E-state index contributed by atoms with van der Waals surface area (Å²) in [7, 11) is 1.43. The highest BCUT2D eigenvalue weighted by Gasteiger charge is 2.32. The van der Waals surface area contributed by atoms with Crippen LogP contribution < -0.4 is 16.0 Å². The molecular formula is C32H35N5O7S. The van der Waals surface area contributed by atoms with Gasteiger partial charge in [-0.2, -0.15) is 0 Å². The third kappa shape index (κ3) is 8.89. The summed E-state index contributed by atoms with van der Waals surface area (Å²) in [5, 5.41) is 21.6. The number of likely N-dealkylation sites (N-methyl/N-ethyl adjacent to an activating group) is 1.